The first kappa shape index (κ1) is 16.5. The Morgan fingerprint density at radius 3 is 2.32 bits per heavy atom. The van der Waals surface area contributed by atoms with E-state index in [2.05, 4.69) is 10.9 Å². The zero-order valence-electron chi connectivity index (χ0n) is 13.5. The molecule has 0 heterocycles. The monoisotopic (exact) mass is 335 g/mol. The van der Waals surface area contributed by atoms with Gasteiger partial charge in [0.1, 0.15) is 5.75 Å². The fraction of sp³-hybridized carbons (Fsp3) is 0.211. The fourth-order valence-electron chi connectivity index (χ4n) is 2.59. The maximum absolute atomic E-state index is 12.4. The van der Waals surface area contributed by atoms with Gasteiger partial charge >= 0.3 is 0 Å². The molecule has 2 N–H and O–H groups in total. The normalized spacial score (nSPS) is 14.0. The summed E-state index contributed by atoms with van der Waals surface area (Å²) in [4.78, 5) is 24.2. The van der Waals surface area contributed by atoms with E-state index in [0.29, 0.717) is 11.3 Å². The van der Waals surface area contributed by atoms with Crippen LogP contribution in [-0.4, -0.2) is 18.4 Å². The largest absolute Gasteiger partial charge is 0.484 e. The Bertz CT molecular complexity index is 806. The third kappa shape index (κ3) is 3.78. The molecule has 0 atom stereocenters. The van der Waals surface area contributed by atoms with E-state index < -0.39 is 11.3 Å². The molecular formula is C19H17N3O3. The maximum atomic E-state index is 12.4. The number of carbonyl (C=O) groups is 2. The molecule has 0 radical (unpaired) electrons. The number of nitriles is 1. The molecule has 0 aliphatic heterocycles. The highest BCUT2D eigenvalue weighted by Gasteiger charge is 2.51. The average molecular weight is 335 g/mol. The van der Waals surface area contributed by atoms with Crippen molar-refractivity contribution < 1.29 is 14.3 Å². The second-order valence-corrected chi connectivity index (χ2v) is 5.88. The van der Waals surface area contributed by atoms with Crippen molar-refractivity contribution in [1.29, 1.82) is 5.26 Å². The van der Waals surface area contributed by atoms with Gasteiger partial charge in [-0.05, 0) is 42.7 Å². The van der Waals surface area contributed by atoms with Crippen LogP contribution in [-0.2, 0) is 15.0 Å². The summed E-state index contributed by atoms with van der Waals surface area (Å²) < 4.78 is 5.31. The number of ether oxygens (including phenoxy) is 1. The van der Waals surface area contributed by atoms with Gasteiger partial charge in [0.2, 0.25) is 5.91 Å². The summed E-state index contributed by atoms with van der Waals surface area (Å²) in [7, 11) is 0. The molecule has 1 aliphatic rings. The molecule has 2 aromatic carbocycles. The molecule has 1 saturated carbocycles. The Morgan fingerprint density at radius 2 is 1.72 bits per heavy atom. The molecule has 2 amide bonds. The number of amides is 2. The third-order valence-corrected chi connectivity index (χ3v) is 4.18. The van der Waals surface area contributed by atoms with E-state index in [9.17, 15) is 9.59 Å². The number of rotatable bonds is 5. The van der Waals surface area contributed by atoms with Crippen molar-refractivity contribution >= 4 is 11.8 Å². The van der Waals surface area contributed by atoms with Crippen molar-refractivity contribution in [2.45, 2.75) is 18.3 Å². The van der Waals surface area contributed by atoms with E-state index in [1.54, 1.807) is 24.3 Å². The van der Waals surface area contributed by atoms with Crippen LogP contribution in [0.1, 0.15) is 24.0 Å². The summed E-state index contributed by atoms with van der Waals surface area (Å²) in [5.74, 6) is -0.199. The van der Waals surface area contributed by atoms with Crippen molar-refractivity contribution in [1.82, 2.24) is 10.9 Å². The van der Waals surface area contributed by atoms with Crippen LogP contribution in [0.15, 0.2) is 54.6 Å². The molecule has 25 heavy (non-hydrogen) atoms. The zero-order valence-corrected chi connectivity index (χ0v) is 13.5. The lowest BCUT2D eigenvalue weighted by Crippen LogP contribution is -2.48. The quantitative estimate of drug-likeness (QED) is 0.815. The second kappa shape index (κ2) is 7.05. The lowest BCUT2D eigenvalue weighted by atomic mass is 9.95. The minimum Gasteiger partial charge on any atom is -0.484 e. The van der Waals surface area contributed by atoms with Crippen LogP contribution in [0.25, 0.3) is 0 Å². The summed E-state index contributed by atoms with van der Waals surface area (Å²) in [5.41, 5.74) is 5.78. The van der Waals surface area contributed by atoms with Gasteiger partial charge in [0.05, 0.1) is 17.0 Å². The first-order valence-corrected chi connectivity index (χ1v) is 7.92. The van der Waals surface area contributed by atoms with E-state index in [-0.39, 0.29) is 12.5 Å². The molecule has 0 spiro atoms. The molecule has 1 fully saturated rings. The van der Waals surface area contributed by atoms with E-state index in [1.165, 1.54) is 0 Å². The first-order valence-electron chi connectivity index (χ1n) is 7.92. The molecule has 6 nitrogen and oxygen atoms in total. The summed E-state index contributed by atoms with van der Waals surface area (Å²) in [5, 5.41) is 8.73. The summed E-state index contributed by atoms with van der Waals surface area (Å²) in [6.45, 7) is -0.232. The minimum atomic E-state index is -0.539. The van der Waals surface area contributed by atoms with Crippen LogP contribution in [0, 0.1) is 11.3 Å². The van der Waals surface area contributed by atoms with Gasteiger partial charge in [-0.2, -0.15) is 5.26 Å². The van der Waals surface area contributed by atoms with Gasteiger partial charge in [-0.25, -0.2) is 0 Å². The molecular weight excluding hydrogens is 318 g/mol. The third-order valence-electron chi connectivity index (χ3n) is 4.18. The topological polar surface area (TPSA) is 91.2 Å². The highest BCUT2D eigenvalue weighted by atomic mass is 16.5. The Balaban J connectivity index is 1.47. The van der Waals surface area contributed by atoms with Crippen molar-refractivity contribution in [2.24, 2.45) is 0 Å². The summed E-state index contributed by atoms with van der Waals surface area (Å²) in [6.07, 6.45) is 1.53. The van der Waals surface area contributed by atoms with Crippen LogP contribution in [0.3, 0.4) is 0 Å². The van der Waals surface area contributed by atoms with E-state index >= 15 is 0 Å². The fourth-order valence-corrected chi connectivity index (χ4v) is 2.59. The Morgan fingerprint density at radius 1 is 1.04 bits per heavy atom. The number of carbonyl (C=O) groups excluding carboxylic acids is 2. The van der Waals surface area contributed by atoms with Gasteiger partial charge in [-0.3, -0.25) is 20.4 Å². The van der Waals surface area contributed by atoms with Crippen molar-refractivity contribution in [2.75, 3.05) is 6.61 Å². The van der Waals surface area contributed by atoms with Crippen molar-refractivity contribution in [3.63, 3.8) is 0 Å². The van der Waals surface area contributed by atoms with Crippen LogP contribution in [0.5, 0.6) is 5.75 Å². The van der Waals surface area contributed by atoms with E-state index in [0.717, 1.165) is 18.4 Å². The highest BCUT2D eigenvalue weighted by Crippen LogP contribution is 2.48. The van der Waals surface area contributed by atoms with Crippen LogP contribution >= 0.6 is 0 Å². The molecule has 0 saturated heterocycles. The van der Waals surface area contributed by atoms with Crippen LogP contribution in [0.2, 0.25) is 0 Å². The van der Waals surface area contributed by atoms with Crippen molar-refractivity contribution in [3.8, 4) is 11.8 Å². The van der Waals surface area contributed by atoms with Gasteiger partial charge in [0, 0.05) is 0 Å². The first-order chi connectivity index (χ1) is 12.1. The number of hydrazine groups is 1. The SMILES string of the molecule is N#Cc1ccc(OCC(=O)NNC(=O)C2(c3ccccc3)CC2)cc1. The smallest absolute Gasteiger partial charge is 0.276 e. The Kier molecular flexibility index (Phi) is 4.66. The van der Waals surface area contributed by atoms with Gasteiger partial charge in [-0.1, -0.05) is 30.3 Å². The zero-order chi connectivity index (χ0) is 17.7. The lowest BCUT2D eigenvalue weighted by Gasteiger charge is -2.16. The average Bonchev–Trinajstić information content (AvgIpc) is 3.47. The molecule has 126 valence electrons. The number of hydrogen-bond donors (Lipinski definition) is 2. The molecule has 0 aromatic heterocycles. The number of nitrogens with zero attached hydrogens (tertiary/aromatic N) is 1. The summed E-state index contributed by atoms with van der Waals surface area (Å²) in [6, 6.07) is 18.0. The van der Waals surface area contributed by atoms with Crippen LogP contribution in [0.4, 0.5) is 0 Å². The van der Waals surface area contributed by atoms with Gasteiger partial charge in [0.15, 0.2) is 6.61 Å². The highest BCUT2D eigenvalue weighted by molar-refractivity contribution is 5.92. The number of benzene rings is 2. The molecule has 6 heteroatoms. The molecule has 3 rings (SSSR count). The van der Waals surface area contributed by atoms with Crippen molar-refractivity contribution in [3.05, 3.63) is 65.7 Å². The van der Waals surface area contributed by atoms with Gasteiger partial charge in [0.25, 0.3) is 5.91 Å². The van der Waals surface area contributed by atoms with E-state index in [4.69, 9.17) is 10.00 Å². The van der Waals surface area contributed by atoms with Gasteiger partial charge < -0.3 is 4.74 Å². The molecule has 0 bridgehead atoms. The predicted molar refractivity (Wildman–Crippen MR) is 90.3 cm³/mol. The molecule has 0 unspecified atom stereocenters. The Labute approximate surface area is 145 Å². The number of nitrogens with one attached hydrogen (secondary N) is 2. The standard InChI is InChI=1S/C19H17N3O3/c20-12-14-6-8-16(9-7-14)25-13-17(23)21-22-18(24)19(10-11-19)15-4-2-1-3-5-15/h1-9H,10-11,13H2,(H,21,23)(H,22,24). The Hall–Kier alpha value is -3.33. The van der Waals surface area contributed by atoms with E-state index in [1.807, 2.05) is 36.4 Å². The van der Waals surface area contributed by atoms with Gasteiger partial charge in [-0.15, -0.1) is 0 Å². The lowest BCUT2D eigenvalue weighted by molar-refractivity contribution is -0.131. The molecule has 1 aliphatic carbocycles. The maximum Gasteiger partial charge on any atom is 0.276 e. The summed E-state index contributed by atoms with van der Waals surface area (Å²) >= 11 is 0. The van der Waals surface area contributed by atoms with Crippen LogP contribution < -0.4 is 15.6 Å². The number of hydrogen-bond acceptors (Lipinski definition) is 4. The molecule has 2 aromatic rings. The predicted octanol–water partition coefficient (Wildman–Crippen LogP) is 1.82. The second-order valence-electron chi connectivity index (χ2n) is 5.88. The minimum absolute atomic E-state index is 0.217.